The molecule has 0 fully saturated rings. The van der Waals surface area contributed by atoms with Crippen molar-refractivity contribution in [1.82, 2.24) is 0 Å². The molecule has 0 saturated heterocycles. The molecule has 0 aliphatic rings. The van der Waals surface area contributed by atoms with Crippen LogP contribution in [0.2, 0.25) is 0 Å². The highest BCUT2D eigenvalue weighted by Gasteiger charge is 2.29. The predicted octanol–water partition coefficient (Wildman–Crippen LogP) is 4.29. The largest absolute Gasteiger partial charge is 0.490 e. The molecule has 0 atom stereocenters. The topological polar surface area (TPSA) is 75.7 Å². The first-order valence-corrected chi connectivity index (χ1v) is 11.2. The van der Waals surface area contributed by atoms with E-state index in [2.05, 4.69) is 11.9 Å². The fourth-order valence-electron chi connectivity index (χ4n) is 2.59. The number of carbonyl (C=O) groups is 1. The van der Waals surface area contributed by atoms with E-state index in [1.165, 1.54) is 24.3 Å². The van der Waals surface area contributed by atoms with Gasteiger partial charge >= 0.3 is 0 Å². The molecule has 0 aliphatic carbocycles. The van der Waals surface area contributed by atoms with Gasteiger partial charge in [0.25, 0.3) is 10.0 Å². The SMILES string of the molecule is C=CCOc1ccc(NC(=O)CN(c2ccccc2F)S(=O)(=O)c2cccs2)cc1. The summed E-state index contributed by atoms with van der Waals surface area (Å²) in [4.78, 5) is 12.6. The Kier molecular flexibility index (Phi) is 6.86. The van der Waals surface area contributed by atoms with Gasteiger partial charge in [-0.3, -0.25) is 9.10 Å². The van der Waals surface area contributed by atoms with Crippen LogP contribution in [0.25, 0.3) is 0 Å². The fourth-order valence-corrected chi connectivity index (χ4v) is 5.13. The van der Waals surface area contributed by atoms with Gasteiger partial charge in [0, 0.05) is 5.69 Å². The van der Waals surface area contributed by atoms with Crippen LogP contribution in [0.15, 0.2) is 82.9 Å². The first kappa shape index (κ1) is 21.5. The second-order valence-corrected chi connectivity index (χ2v) is 9.10. The van der Waals surface area contributed by atoms with Crippen LogP contribution >= 0.6 is 11.3 Å². The van der Waals surface area contributed by atoms with Crippen molar-refractivity contribution in [1.29, 1.82) is 0 Å². The van der Waals surface area contributed by atoms with Crippen LogP contribution in [0.4, 0.5) is 15.8 Å². The molecule has 1 heterocycles. The molecule has 0 bridgehead atoms. The molecule has 3 rings (SSSR count). The lowest BCUT2D eigenvalue weighted by molar-refractivity contribution is -0.114. The van der Waals surface area contributed by atoms with E-state index in [-0.39, 0.29) is 9.90 Å². The van der Waals surface area contributed by atoms with Crippen molar-refractivity contribution in [3.63, 3.8) is 0 Å². The van der Waals surface area contributed by atoms with Crippen LogP contribution in [-0.4, -0.2) is 27.5 Å². The number of sulfonamides is 1. The van der Waals surface area contributed by atoms with Gasteiger partial charge in [0.15, 0.2) is 0 Å². The Labute approximate surface area is 178 Å². The van der Waals surface area contributed by atoms with Crippen LogP contribution in [0, 0.1) is 5.82 Å². The van der Waals surface area contributed by atoms with Gasteiger partial charge in [0.2, 0.25) is 5.91 Å². The molecule has 0 unspecified atom stereocenters. The molecule has 0 radical (unpaired) electrons. The number of para-hydroxylation sites is 1. The maximum Gasteiger partial charge on any atom is 0.274 e. The number of anilines is 2. The average molecular weight is 447 g/mol. The van der Waals surface area contributed by atoms with Crippen molar-refractivity contribution in [3.8, 4) is 5.75 Å². The number of hydrogen-bond donors (Lipinski definition) is 1. The van der Waals surface area contributed by atoms with E-state index in [4.69, 9.17) is 4.74 Å². The van der Waals surface area contributed by atoms with E-state index in [9.17, 15) is 17.6 Å². The normalized spacial score (nSPS) is 11.0. The third-order valence-electron chi connectivity index (χ3n) is 3.95. The van der Waals surface area contributed by atoms with Gasteiger partial charge in [-0.1, -0.05) is 30.9 Å². The predicted molar refractivity (Wildman–Crippen MR) is 116 cm³/mol. The zero-order valence-electron chi connectivity index (χ0n) is 15.8. The van der Waals surface area contributed by atoms with E-state index >= 15 is 0 Å². The van der Waals surface area contributed by atoms with Gasteiger partial charge in [0.05, 0.1) is 5.69 Å². The molecular weight excluding hydrogens is 427 g/mol. The summed E-state index contributed by atoms with van der Waals surface area (Å²) < 4.78 is 46.6. The highest BCUT2D eigenvalue weighted by atomic mass is 32.2. The van der Waals surface area contributed by atoms with Gasteiger partial charge in [0.1, 0.15) is 28.9 Å². The smallest absolute Gasteiger partial charge is 0.274 e. The first-order valence-electron chi connectivity index (χ1n) is 8.86. The third kappa shape index (κ3) is 5.05. The minimum atomic E-state index is -4.12. The number of benzene rings is 2. The highest BCUT2D eigenvalue weighted by Crippen LogP contribution is 2.28. The Morgan fingerprint density at radius 3 is 2.50 bits per heavy atom. The van der Waals surface area contributed by atoms with Gasteiger partial charge in [-0.15, -0.1) is 11.3 Å². The number of rotatable bonds is 9. The number of nitrogens with one attached hydrogen (secondary N) is 1. The number of thiophene rings is 1. The number of amides is 1. The summed E-state index contributed by atoms with van der Waals surface area (Å²) >= 11 is 0.993. The molecular formula is C21H19FN2O4S2. The summed E-state index contributed by atoms with van der Waals surface area (Å²) in [7, 11) is -4.12. The van der Waals surface area contributed by atoms with Gasteiger partial charge < -0.3 is 10.1 Å². The molecule has 6 nitrogen and oxygen atoms in total. The lowest BCUT2D eigenvalue weighted by atomic mass is 10.3. The summed E-state index contributed by atoms with van der Waals surface area (Å²) in [5, 5.41) is 4.22. The Morgan fingerprint density at radius 1 is 1.13 bits per heavy atom. The molecule has 30 heavy (non-hydrogen) atoms. The lowest BCUT2D eigenvalue weighted by Gasteiger charge is -2.23. The number of halogens is 1. The first-order chi connectivity index (χ1) is 14.4. The van der Waals surface area contributed by atoms with Gasteiger partial charge in [-0.05, 0) is 47.8 Å². The van der Waals surface area contributed by atoms with Crippen molar-refractivity contribution in [2.75, 3.05) is 22.8 Å². The van der Waals surface area contributed by atoms with Crippen LogP contribution in [-0.2, 0) is 14.8 Å². The van der Waals surface area contributed by atoms with Crippen molar-refractivity contribution in [2.24, 2.45) is 0 Å². The van der Waals surface area contributed by atoms with Crippen LogP contribution in [0.3, 0.4) is 0 Å². The Bertz CT molecular complexity index is 1110. The van der Waals surface area contributed by atoms with Gasteiger partial charge in [-0.2, -0.15) is 0 Å². The van der Waals surface area contributed by atoms with Crippen LogP contribution in [0.1, 0.15) is 0 Å². The minimum absolute atomic E-state index is 0.0160. The highest BCUT2D eigenvalue weighted by molar-refractivity contribution is 7.94. The van der Waals surface area contributed by atoms with Gasteiger partial charge in [-0.25, -0.2) is 12.8 Å². The summed E-state index contributed by atoms with van der Waals surface area (Å²) in [5.41, 5.74) is 0.252. The van der Waals surface area contributed by atoms with E-state index in [1.807, 2.05) is 0 Å². The zero-order valence-corrected chi connectivity index (χ0v) is 17.5. The molecule has 1 aromatic heterocycles. The van der Waals surface area contributed by atoms with E-state index in [1.54, 1.807) is 41.8 Å². The average Bonchev–Trinajstić information content (AvgIpc) is 3.28. The number of nitrogens with zero attached hydrogens (tertiary/aromatic N) is 1. The van der Waals surface area contributed by atoms with Crippen molar-refractivity contribution < 1.29 is 22.3 Å². The summed E-state index contributed by atoms with van der Waals surface area (Å²) in [5.74, 6) is -0.756. The van der Waals surface area contributed by atoms with Crippen LogP contribution < -0.4 is 14.4 Å². The fraction of sp³-hybridized carbons (Fsp3) is 0.0952. The van der Waals surface area contributed by atoms with Crippen molar-refractivity contribution in [2.45, 2.75) is 4.21 Å². The summed E-state index contributed by atoms with van der Waals surface area (Å²) in [6.07, 6.45) is 1.61. The van der Waals surface area contributed by atoms with E-state index in [0.29, 0.717) is 18.0 Å². The third-order valence-corrected chi connectivity index (χ3v) is 7.09. The standard InChI is InChI=1S/C21H19FN2O4S2/c1-2-13-28-17-11-9-16(10-12-17)23-20(25)15-24(19-7-4-3-6-18(19)22)30(26,27)21-8-5-14-29-21/h2-12,14H,1,13,15H2,(H,23,25). The molecule has 2 aromatic carbocycles. The lowest BCUT2D eigenvalue weighted by Crippen LogP contribution is -2.38. The van der Waals surface area contributed by atoms with E-state index < -0.39 is 28.3 Å². The molecule has 3 aromatic rings. The quantitative estimate of drug-likeness (QED) is 0.498. The number of ether oxygens (including phenoxy) is 1. The maximum absolute atomic E-state index is 14.4. The van der Waals surface area contributed by atoms with E-state index in [0.717, 1.165) is 21.7 Å². The Balaban J connectivity index is 1.82. The molecule has 0 spiro atoms. The Morgan fingerprint density at radius 2 is 1.87 bits per heavy atom. The second kappa shape index (κ2) is 9.55. The molecule has 156 valence electrons. The molecule has 0 aliphatic heterocycles. The van der Waals surface area contributed by atoms with Crippen molar-refractivity contribution in [3.05, 3.63) is 84.5 Å². The Hall–Kier alpha value is -3.17. The molecule has 1 N–H and O–H groups in total. The van der Waals surface area contributed by atoms with Crippen molar-refractivity contribution >= 4 is 38.6 Å². The second-order valence-electron chi connectivity index (χ2n) is 6.07. The molecule has 9 heteroatoms. The summed E-state index contributed by atoms with van der Waals surface area (Å²) in [6.45, 7) is 3.33. The number of hydrogen-bond acceptors (Lipinski definition) is 5. The molecule has 0 saturated carbocycles. The minimum Gasteiger partial charge on any atom is -0.490 e. The number of carbonyl (C=O) groups excluding carboxylic acids is 1. The molecule has 1 amide bonds. The monoisotopic (exact) mass is 446 g/mol. The maximum atomic E-state index is 14.4. The summed E-state index contributed by atoms with van der Waals surface area (Å²) in [6, 6.07) is 15.0. The van der Waals surface area contributed by atoms with Crippen LogP contribution in [0.5, 0.6) is 5.75 Å². The zero-order chi connectivity index (χ0) is 21.6.